The molecule has 7 heteroatoms. The van der Waals surface area contributed by atoms with Crippen LogP contribution in [0.25, 0.3) is 0 Å². The van der Waals surface area contributed by atoms with Gasteiger partial charge in [0.2, 0.25) is 5.91 Å². The molecule has 0 fully saturated rings. The van der Waals surface area contributed by atoms with Gasteiger partial charge >= 0.3 is 0 Å². The Balaban J connectivity index is 0.00000420. The second-order valence-corrected chi connectivity index (χ2v) is 6.61. The number of amides is 1. The summed E-state index contributed by atoms with van der Waals surface area (Å²) in [5.41, 5.74) is 2.05. The molecule has 0 radical (unpaired) electrons. The van der Waals surface area contributed by atoms with Gasteiger partial charge in [0, 0.05) is 32.1 Å². The van der Waals surface area contributed by atoms with Crippen LogP contribution >= 0.6 is 24.0 Å². The highest BCUT2D eigenvalue weighted by atomic mass is 127. The van der Waals surface area contributed by atoms with Gasteiger partial charge in [0.1, 0.15) is 5.82 Å². The molecule has 0 aromatic heterocycles. The molecule has 5 nitrogen and oxygen atoms in total. The van der Waals surface area contributed by atoms with Gasteiger partial charge in [-0.25, -0.2) is 4.39 Å². The Hall–Kier alpha value is -2.16. The average Bonchev–Trinajstić information content (AvgIpc) is 2.71. The molecule has 1 atom stereocenters. The van der Waals surface area contributed by atoms with Gasteiger partial charge < -0.3 is 16.0 Å². The number of aliphatic imine (C=N–C) groups is 1. The fraction of sp³-hybridized carbons (Fsp3) is 0.364. The Morgan fingerprint density at radius 3 is 2.31 bits per heavy atom. The molecule has 0 aliphatic rings. The van der Waals surface area contributed by atoms with Crippen molar-refractivity contribution in [3.05, 3.63) is 71.5 Å². The second kappa shape index (κ2) is 13.9. The van der Waals surface area contributed by atoms with E-state index in [9.17, 15) is 9.18 Å². The zero-order valence-electron chi connectivity index (χ0n) is 17.0. The first-order valence-corrected chi connectivity index (χ1v) is 9.66. The molecular weight excluding hydrogens is 482 g/mol. The molecule has 3 N–H and O–H groups in total. The average molecular weight is 512 g/mol. The summed E-state index contributed by atoms with van der Waals surface area (Å²) < 4.78 is 12.9. The number of nitrogens with zero attached hydrogens (tertiary/aromatic N) is 1. The van der Waals surface area contributed by atoms with Crippen molar-refractivity contribution in [1.82, 2.24) is 16.0 Å². The van der Waals surface area contributed by atoms with Gasteiger partial charge in [0.05, 0.1) is 6.42 Å². The number of hydrogen-bond donors (Lipinski definition) is 3. The first kappa shape index (κ1) is 24.9. The highest BCUT2D eigenvalue weighted by Crippen LogP contribution is 2.14. The van der Waals surface area contributed by atoms with Crippen molar-refractivity contribution in [2.24, 2.45) is 4.99 Å². The van der Waals surface area contributed by atoms with Gasteiger partial charge in [-0.3, -0.25) is 9.79 Å². The minimum absolute atomic E-state index is 0. The molecule has 0 bridgehead atoms. The summed E-state index contributed by atoms with van der Waals surface area (Å²) >= 11 is 0. The molecule has 0 aliphatic heterocycles. The highest BCUT2D eigenvalue weighted by Gasteiger charge is 2.06. The van der Waals surface area contributed by atoms with Gasteiger partial charge in [0.25, 0.3) is 0 Å². The topological polar surface area (TPSA) is 65.5 Å². The van der Waals surface area contributed by atoms with Gasteiger partial charge in [-0.2, -0.15) is 0 Å². The van der Waals surface area contributed by atoms with Crippen molar-refractivity contribution in [2.45, 2.75) is 26.2 Å². The quantitative estimate of drug-likeness (QED) is 0.209. The van der Waals surface area contributed by atoms with Crippen LogP contribution in [0.4, 0.5) is 4.39 Å². The molecular formula is C22H30FIN4O. The van der Waals surface area contributed by atoms with Gasteiger partial charge in [0.15, 0.2) is 5.96 Å². The second-order valence-electron chi connectivity index (χ2n) is 6.61. The van der Waals surface area contributed by atoms with E-state index < -0.39 is 0 Å². The van der Waals surface area contributed by atoms with Crippen LogP contribution in [0.2, 0.25) is 0 Å². The Kier molecular flexibility index (Phi) is 11.9. The van der Waals surface area contributed by atoms with Crippen LogP contribution in [0.5, 0.6) is 0 Å². The number of guanidine groups is 1. The zero-order valence-corrected chi connectivity index (χ0v) is 19.3. The molecule has 29 heavy (non-hydrogen) atoms. The lowest BCUT2D eigenvalue weighted by Gasteiger charge is -2.14. The Labute approximate surface area is 189 Å². The molecule has 0 aliphatic carbocycles. The van der Waals surface area contributed by atoms with E-state index >= 15 is 0 Å². The first-order chi connectivity index (χ1) is 13.6. The number of benzene rings is 2. The molecule has 0 saturated heterocycles. The van der Waals surface area contributed by atoms with E-state index in [1.165, 1.54) is 17.7 Å². The van der Waals surface area contributed by atoms with E-state index in [1.54, 1.807) is 12.1 Å². The van der Waals surface area contributed by atoms with E-state index in [1.807, 2.05) is 25.1 Å². The van der Waals surface area contributed by atoms with Crippen molar-refractivity contribution in [3.8, 4) is 0 Å². The number of nitrogens with one attached hydrogen (secondary N) is 3. The molecule has 2 aromatic rings. The minimum Gasteiger partial charge on any atom is -0.357 e. The summed E-state index contributed by atoms with van der Waals surface area (Å²) in [5, 5.41) is 9.30. The molecule has 2 rings (SSSR count). The highest BCUT2D eigenvalue weighted by molar-refractivity contribution is 14.0. The molecule has 1 unspecified atom stereocenters. The van der Waals surface area contributed by atoms with Crippen LogP contribution in [-0.2, 0) is 11.2 Å². The summed E-state index contributed by atoms with van der Waals surface area (Å²) in [6.45, 7) is 6.67. The lowest BCUT2D eigenvalue weighted by Crippen LogP contribution is -2.42. The minimum atomic E-state index is -0.301. The SMILES string of the molecule is CCNC(=NCC(C)c1ccccc1)NCCNC(=O)Cc1ccc(F)cc1.I. The number of carbonyl (C=O) groups excluding carboxylic acids is 1. The van der Waals surface area contributed by atoms with E-state index in [4.69, 9.17) is 0 Å². The largest absolute Gasteiger partial charge is 0.357 e. The van der Waals surface area contributed by atoms with Gasteiger partial charge in [-0.05, 0) is 30.2 Å². The van der Waals surface area contributed by atoms with Crippen LogP contribution < -0.4 is 16.0 Å². The lowest BCUT2D eigenvalue weighted by molar-refractivity contribution is -0.120. The van der Waals surface area contributed by atoms with E-state index in [2.05, 4.69) is 40.0 Å². The third kappa shape index (κ3) is 9.74. The number of halogens is 2. The predicted octanol–water partition coefficient (Wildman–Crippen LogP) is 3.46. The normalized spacial score (nSPS) is 11.9. The smallest absolute Gasteiger partial charge is 0.224 e. The summed E-state index contributed by atoms with van der Waals surface area (Å²) in [6, 6.07) is 16.3. The maximum atomic E-state index is 12.9. The predicted molar refractivity (Wildman–Crippen MR) is 127 cm³/mol. The standard InChI is InChI=1S/C22H29FN4O.HI/c1-3-24-22(27-16-17(2)19-7-5-4-6-8-19)26-14-13-25-21(28)15-18-9-11-20(23)12-10-18;/h4-12,17H,3,13-16H2,1-2H3,(H,25,28)(H2,24,26,27);1H. The Morgan fingerprint density at radius 1 is 1.00 bits per heavy atom. The first-order valence-electron chi connectivity index (χ1n) is 9.66. The molecule has 0 heterocycles. The number of carbonyl (C=O) groups is 1. The Bertz CT molecular complexity index is 753. The van der Waals surface area contributed by atoms with E-state index in [-0.39, 0.29) is 42.1 Å². The number of rotatable bonds is 9. The van der Waals surface area contributed by atoms with E-state index in [0.717, 1.165) is 18.1 Å². The summed E-state index contributed by atoms with van der Waals surface area (Å²) in [4.78, 5) is 16.6. The Morgan fingerprint density at radius 2 is 1.66 bits per heavy atom. The zero-order chi connectivity index (χ0) is 20.2. The van der Waals surface area contributed by atoms with Gasteiger partial charge in [-0.1, -0.05) is 49.4 Å². The van der Waals surface area contributed by atoms with Crippen LogP contribution in [0.3, 0.4) is 0 Å². The summed E-state index contributed by atoms with van der Waals surface area (Å²) in [5.74, 6) is 0.670. The van der Waals surface area contributed by atoms with E-state index in [0.29, 0.717) is 25.6 Å². The third-order valence-electron chi connectivity index (χ3n) is 4.25. The van der Waals surface area contributed by atoms with Crippen LogP contribution in [0, 0.1) is 5.82 Å². The molecule has 2 aromatic carbocycles. The fourth-order valence-electron chi connectivity index (χ4n) is 2.69. The number of hydrogen-bond acceptors (Lipinski definition) is 2. The molecule has 1 amide bonds. The summed E-state index contributed by atoms with van der Waals surface area (Å²) in [7, 11) is 0. The van der Waals surface area contributed by atoms with Crippen LogP contribution in [-0.4, -0.2) is 38.0 Å². The lowest BCUT2D eigenvalue weighted by atomic mass is 10.0. The van der Waals surface area contributed by atoms with Crippen molar-refractivity contribution >= 4 is 35.8 Å². The maximum Gasteiger partial charge on any atom is 0.224 e. The molecule has 0 spiro atoms. The monoisotopic (exact) mass is 512 g/mol. The van der Waals surface area contributed by atoms with Crippen LogP contribution in [0.15, 0.2) is 59.6 Å². The fourth-order valence-corrected chi connectivity index (χ4v) is 2.69. The maximum absolute atomic E-state index is 12.9. The van der Waals surface area contributed by atoms with Gasteiger partial charge in [-0.15, -0.1) is 24.0 Å². The third-order valence-corrected chi connectivity index (χ3v) is 4.25. The van der Waals surface area contributed by atoms with Crippen molar-refractivity contribution in [1.29, 1.82) is 0 Å². The summed E-state index contributed by atoms with van der Waals surface area (Å²) in [6.07, 6.45) is 0.239. The van der Waals surface area contributed by atoms with Crippen molar-refractivity contribution in [2.75, 3.05) is 26.2 Å². The van der Waals surface area contributed by atoms with Crippen LogP contribution in [0.1, 0.15) is 30.9 Å². The molecule has 158 valence electrons. The van der Waals surface area contributed by atoms with Crippen molar-refractivity contribution in [3.63, 3.8) is 0 Å². The van der Waals surface area contributed by atoms with Crippen molar-refractivity contribution < 1.29 is 9.18 Å². The molecule has 0 saturated carbocycles.